The van der Waals surface area contributed by atoms with Gasteiger partial charge in [-0.05, 0) is 25.1 Å². The fraction of sp³-hybridized carbons (Fsp3) is 0.595. The number of fused-ring (bicyclic) bond motifs is 1. The zero-order valence-corrected chi connectivity index (χ0v) is 31.8. The maximum Gasteiger partial charge on any atom is 0.239 e. The van der Waals surface area contributed by atoms with Crippen LogP contribution >= 0.6 is 0 Å². The van der Waals surface area contributed by atoms with Crippen LogP contribution < -0.4 is 10.2 Å². The molecule has 17 atom stereocenters. The molecule has 7 rings (SSSR count). The van der Waals surface area contributed by atoms with E-state index >= 15 is 0 Å². The average Bonchev–Trinajstić information content (AvgIpc) is 3.50. The molecule has 61 heavy (non-hydrogen) atoms. The first-order chi connectivity index (χ1) is 28.8. The van der Waals surface area contributed by atoms with E-state index in [1.54, 1.807) is 0 Å². The van der Waals surface area contributed by atoms with Crippen LogP contribution in [0.25, 0.3) is 22.3 Å². The molecule has 1 aromatic heterocycles. The smallest absolute Gasteiger partial charge is 0.239 e. The second-order valence-electron chi connectivity index (χ2n) is 15.1. The Balaban J connectivity index is 1.20. The highest BCUT2D eigenvalue weighted by Gasteiger charge is 2.55. The van der Waals surface area contributed by atoms with Crippen LogP contribution in [0.4, 0.5) is 0 Å². The molecule has 3 aromatic rings. The zero-order valence-electron chi connectivity index (χ0n) is 31.8. The minimum absolute atomic E-state index is 0.128. The van der Waals surface area contributed by atoms with Gasteiger partial charge in [0.25, 0.3) is 0 Å². The molecule has 4 aliphatic heterocycles. The van der Waals surface area contributed by atoms with Crippen molar-refractivity contribution in [3.63, 3.8) is 0 Å². The van der Waals surface area contributed by atoms with E-state index in [0.29, 0.717) is 0 Å². The predicted octanol–water partition coefficient (Wildman–Crippen LogP) is -4.76. The lowest BCUT2D eigenvalue weighted by Gasteiger charge is -2.45. The summed E-state index contributed by atoms with van der Waals surface area (Å²) < 4.78 is 51.2. The van der Waals surface area contributed by atoms with Crippen molar-refractivity contribution in [3.05, 3.63) is 40.6 Å². The average molecular weight is 875 g/mol. The van der Waals surface area contributed by atoms with E-state index in [1.165, 1.54) is 13.0 Å². The Bertz CT molecular complexity index is 2080. The summed E-state index contributed by atoms with van der Waals surface area (Å²) in [5.74, 6) is -3.86. The van der Waals surface area contributed by atoms with Crippen LogP contribution in [0.2, 0.25) is 0 Å². The number of hydrogen-bond acceptors (Lipinski definition) is 24. The van der Waals surface area contributed by atoms with E-state index in [0.717, 1.165) is 24.3 Å². The molecule has 0 bridgehead atoms. The first-order valence-corrected chi connectivity index (χ1v) is 18.8. The summed E-state index contributed by atoms with van der Waals surface area (Å²) in [5, 5.41) is 147. The van der Waals surface area contributed by atoms with Gasteiger partial charge in [-0.25, -0.2) is 0 Å². The summed E-state index contributed by atoms with van der Waals surface area (Å²) in [6.45, 7) is -1.52. The minimum Gasteiger partial charge on any atom is -0.508 e. The zero-order chi connectivity index (χ0) is 44.2. The van der Waals surface area contributed by atoms with Crippen LogP contribution in [-0.4, -0.2) is 202 Å². The third-order valence-electron chi connectivity index (χ3n) is 10.9. The Labute approximate surface area is 342 Å². The summed E-state index contributed by atoms with van der Waals surface area (Å²) in [6, 6.07) is 4.99. The molecular formula is C37H46O24. The Morgan fingerprint density at radius 2 is 1.46 bits per heavy atom. The topological polar surface area (TPSA) is 387 Å². The number of phenols is 4. The number of rotatable bonds is 11. The van der Waals surface area contributed by atoms with E-state index in [2.05, 4.69) is 0 Å². The highest BCUT2D eigenvalue weighted by Crippen LogP contribution is 2.40. The van der Waals surface area contributed by atoms with Crippen LogP contribution in [0, 0.1) is 0 Å². The summed E-state index contributed by atoms with van der Waals surface area (Å²) in [5.41, 5.74) is -3.87. The molecule has 0 amide bonds. The summed E-state index contributed by atoms with van der Waals surface area (Å²) in [6.07, 6.45) is -28.1. The molecule has 0 aliphatic carbocycles. The molecule has 0 saturated carbocycles. The molecule has 4 fully saturated rings. The van der Waals surface area contributed by atoms with Gasteiger partial charge in [0.1, 0.15) is 89.1 Å². The fourth-order valence-corrected chi connectivity index (χ4v) is 7.23. The van der Waals surface area contributed by atoms with E-state index in [9.17, 15) is 76.3 Å². The number of phenolic OH excluding ortho intramolecular Hbond substituents is 4. The van der Waals surface area contributed by atoms with Gasteiger partial charge < -0.3 is 114 Å². The van der Waals surface area contributed by atoms with Crippen molar-refractivity contribution in [2.24, 2.45) is 0 Å². The Kier molecular flexibility index (Phi) is 13.0. The lowest BCUT2D eigenvalue weighted by Crippen LogP contribution is -2.64. The van der Waals surface area contributed by atoms with E-state index < -0.39 is 176 Å². The third kappa shape index (κ3) is 8.56. The largest absolute Gasteiger partial charge is 0.508 e. The molecule has 5 heterocycles. The maximum absolute atomic E-state index is 14.2. The van der Waals surface area contributed by atoms with Crippen molar-refractivity contribution in [2.45, 2.75) is 111 Å². The highest BCUT2D eigenvalue weighted by molar-refractivity contribution is 5.88. The number of benzene rings is 2. The fourth-order valence-electron chi connectivity index (χ4n) is 7.23. The van der Waals surface area contributed by atoms with Crippen molar-refractivity contribution >= 4 is 11.0 Å². The minimum atomic E-state index is -2.23. The monoisotopic (exact) mass is 874 g/mol. The molecule has 14 N–H and O–H groups in total. The normalized spacial score (nSPS) is 39.4. The molecule has 24 heteroatoms. The van der Waals surface area contributed by atoms with E-state index in [-0.39, 0.29) is 11.1 Å². The number of hydrogen-bond donors (Lipinski definition) is 14. The molecule has 0 spiro atoms. The van der Waals surface area contributed by atoms with Crippen LogP contribution in [0.5, 0.6) is 28.7 Å². The second-order valence-corrected chi connectivity index (χ2v) is 15.1. The van der Waals surface area contributed by atoms with Gasteiger partial charge in [-0.15, -0.1) is 0 Å². The van der Waals surface area contributed by atoms with Gasteiger partial charge >= 0.3 is 0 Å². The second kappa shape index (κ2) is 17.6. The molecule has 0 unspecified atom stereocenters. The molecule has 24 nitrogen and oxygen atoms in total. The van der Waals surface area contributed by atoms with Crippen molar-refractivity contribution < 1.29 is 114 Å². The van der Waals surface area contributed by atoms with E-state index in [4.69, 9.17) is 42.3 Å². The van der Waals surface area contributed by atoms with Gasteiger partial charge in [0.2, 0.25) is 17.5 Å². The Morgan fingerprint density at radius 1 is 0.738 bits per heavy atom. The lowest BCUT2D eigenvalue weighted by atomic mass is 9.97. The highest BCUT2D eigenvalue weighted by atomic mass is 16.8. The number of aliphatic hydroxyl groups excluding tert-OH is 9. The third-order valence-corrected chi connectivity index (χ3v) is 10.9. The van der Waals surface area contributed by atoms with Crippen LogP contribution in [-0.2, 0) is 33.2 Å². The van der Waals surface area contributed by atoms with Gasteiger partial charge in [-0.2, -0.15) is 0 Å². The summed E-state index contributed by atoms with van der Waals surface area (Å²) in [7, 11) is 0. The molecule has 4 saturated heterocycles. The quantitative estimate of drug-likeness (QED) is 0.0804. The van der Waals surface area contributed by atoms with Crippen molar-refractivity contribution in [3.8, 4) is 40.1 Å². The molecule has 338 valence electrons. The van der Waals surface area contributed by atoms with Crippen molar-refractivity contribution in [1.82, 2.24) is 0 Å². The molecular weight excluding hydrogens is 828 g/mol. The van der Waals surface area contributed by atoms with Gasteiger partial charge in [0, 0.05) is 17.7 Å². The van der Waals surface area contributed by atoms with Gasteiger partial charge in [0.15, 0.2) is 42.2 Å². The first-order valence-electron chi connectivity index (χ1n) is 18.8. The van der Waals surface area contributed by atoms with Gasteiger partial charge in [-0.1, -0.05) is 0 Å². The lowest BCUT2D eigenvalue weighted by molar-refractivity contribution is -0.355. The standard InChI is InChI=1S/C37H46O24/c1-11-21(44)29(59-33-26(49)22(45)17(43)7-53-33)27(50)34(56-11)54-8-19-23(46)25(48)31(61-36-32(51)37(52,9-38)10-55-36)35(58-19)60-30-24(47)20-16(42)5-13(39)6-18(20)57-28(30)12-2-3-14(40)15(41)4-12/h2-6,11,17,19,21-23,25-27,29,31-36,38-46,48-52H,7-10H2,1H3/t11-,17-,19-,21-,22+,23+,25-,26+,27-,29+,31-,32+,33+,34+,35-,36-,37+/m0/s1. The SMILES string of the molecule is C[C@@H]1O[C@@H](OC[C@@H]2O[C@@H](Oc3c(-c4ccc(O)c(O)c4)oc4cc(O)cc(O)c4c3=O)[C@@H](O[C@@H]3OC[C@](O)(CO)[C@@H]3O)[C@@H](O)[C@@H]2O)[C@@H](O)[C@H](O[C@H]2OC[C@H](O)[C@@H](O)[C@H]2O)[C@H]1O. The number of aromatic hydroxyl groups is 4. The van der Waals surface area contributed by atoms with Crippen molar-refractivity contribution in [1.29, 1.82) is 0 Å². The Hall–Kier alpha value is -4.03. The van der Waals surface area contributed by atoms with Gasteiger partial charge in [-0.3, -0.25) is 4.79 Å². The Morgan fingerprint density at radius 3 is 2.15 bits per heavy atom. The predicted molar refractivity (Wildman–Crippen MR) is 193 cm³/mol. The van der Waals surface area contributed by atoms with Crippen molar-refractivity contribution in [2.75, 3.05) is 26.4 Å². The van der Waals surface area contributed by atoms with Crippen LogP contribution in [0.15, 0.2) is 39.5 Å². The molecule has 2 aromatic carbocycles. The maximum atomic E-state index is 14.2. The molecule has 0 radical (unpaired) electrons. The van der Waals surface area contributed by atoms with E-state index in [1.807, 2.05) is 0 Å². The summed E-state index contributed by atoms with van der Waals surface area (Å²) >= 11 is 0. The first kappa shape index (κ1) is 45.0. The molecule has 4 aliphatic rings. The summed E-state index contributed by atoms with van der Waals surface area (Å²) in [4.78, 5) is 14.2. The van der Waals surface area contributed by atoms with Crippen LogP contribution in [0.1, 0.15) is 6.92 Å². The van der Waals surface area contributed by atoms with Crippen LogP contribution in [0.3, 0.4) is 0 Å². The number of ether oxygens (including phenoxy) is 8. The van der Waals surface area contributed by atoms with Gasteiger partial charge in [0.05, 0.1) is 32.5 Å². The number of aliphatic hydroxyl groups is 10.